The van der Waals surface area contributed by atoms with E-state index in [-0.39, 0.29) is 10.0 Å². The van der Waals surface area contributed by atoms with E-state index in [1.807, 2.05) is 0 Å². The van der Waals surface area contributed by atoms with Gasteiger partial charge in [-0.2, -0.15) is 0 Å². The average Bonchev–Trinajstić information content (AvgIpc) is 2.01. The van der Waals surface area contributed by atoms with Crippen molar-refractivity contribution in [2.24, 2.45) is 0 Å². The lowest BCUT2D eigenvalue weighted by atomic mass is 10.1. The maximum atomic E-state index is 2.69. The van der Waals surface area contributed by atoms with Crippen LogP contribution in [0.25, 0.3) is 0 Å². The number of rotatable bonds is 2. The summed E-state index contributed by atoms with van der Waals surface area (Å²) in [5, 5.41) is 0. The predicted molar refractivity (Wildman–Crippen MR) is 65.1 cm³/mol. The summed E-state index contributed by atoms with van der Waals surface area (Å²) in [5.41, 5.74) is 0. The summed E-state index contributed by atoms with van der Waals surface area (Å²) < 4.78 is 0. The molecule has 0 aromatic heterocycles. The Balaban J connectivity index is 2.61. The summed E-state index contributed by atoms with van der Waals surface area (Å²) in [4.78, 5) is 2.69. The molecule has 0 amide bonds. The SMILES string of the molecule is CCC1CS(C)(C)CCN1C(C)C. The minimum absolute atomic E-state index is 0.252. The molecule has 1 fully saturated rings. The summed E-state index contributed by atoms with van der Waals surface area (Å²) >= 11 is 0. The quantitative estimate of drug-likeness (QED) is 0.667. The predicted octanol–water partition coefficient (Wildman–Crippen LogP) is 2.55. The van der Waals surface area contributed by atoms with Gasteiger partial charge in [0.2, 0.25) is 0 Å². The maximum Gasteiger partial charge on any atom is 0.0172 e. The first-order valence-electron chi connectivity index (χ1n) is 5.40. The van der Waals surface area contributed by atoms with Crippen LogP contribution >= 0.6 is 10.0 Å². The molecule has 1 unspecified atom stereocenters. The van der Waals surface area contributed by atoms with Crippen molar-refractivity contribution in [2.45, 2.75) is 39.3 Å². The van der Waals surface area contributed by atoms with Crippen molar-refractivity contribution in [1.82, 2.24) is 4.90 Å². The van der Waals surface area contributed by atoms with Gasteiger partial charge in [0.15, 0.2) is 0 Å². The van der Waals surface area contributed by atoms with E-state index in [1.54, 1.807) is 0 Å². The van der Waals surface area contributed by atoms with E-state index >= 15 is 0 Å². The zero-order valence-corrected chi connectivity index (χ0v) is 10.7. The van der Waals surface area contributed by atoms with Gasteiger partial charge in [-0.3, -0.25) is 4.90 Å². The molecule has 1 nitrogen and oxygen atoms in total. The molecule has 0 aromatic rings. The van der Waals surface area contributed by atoms with Gasteiger partial charge >= 0.3 is 0 Å². The van der Waals surface area contributed by atoms with Crippen molar-refractivity contribution in [2.75, 3.05) is 30.6 Å². The van der Waals surface area contributed by atoms with E-state index in [2.05, 4.69) is 38.2 Å². The fourth-order valence-electron chi connectivity index (χ4n) is 2.27. The first-order valence-corrected chi connectivity index (χ1v) is 8.19. The van der Waals surface area contributed by atoms with E-state index in [4.69, 9.17) is 0 Å². The lowest BCUT2D eigenvalue weighted by molar-refractivity contribution is 0.167. The summed E-state index contributed by atoms with van der Waals surface area (Å²) in [6.07, 6.45) is 6.31. The minimum Gasteiger partial charge on any atom is -0.296 e. The molecule has 0 bridgehead atoms. The monoisotopic (exact) mass is 203 g/mol. The van der Waals surface area contributed by atoms with Crippen molar-refractivity contribution in [1.29, 1.82) is 0 Å². The van der Waals surface area contributed by atoms with E-state index in [0.29, 0.717) is 0 Å². The maximum absolute atomic E-state index is 2.69. The topological polar surface area (TPSA) is 3.24 Å². The Kier molecular flexibility index (Phi) is 3.70. The van der Waals surface area contributed by atoms with Crippen LogP contribution in [0, 0.1) is 0 Å². The fourth-order valence-corrected chi connectivity index (χ4v) is 4.61. The molecular weight excluding hydrogens is 178 g/mol. The van der Waals surface area contributed by atoms with Gasteiger partial charge in [0, 0.05) is 18.6 Å². The van der Waals surface area contributed by atoms with Gasteiger partial charge < -0.3 is 0 Å². The van der Waals surface area contributed by atoms with E-state index in [1.165, 1.54) is 24.5 Å². The molecule has 13 heavy (non-hydrogen) atoms. The van der Waals surface area contributed by atoms with Crippen LogP contribution in [-0.2, 0) is 0 Å². The molecule has 1 atom stereocenters. The summed E-state index contributed by atoms with van der Waals surface area (Å²) in [7, 11) is -0.252. The smallest absolute Gasteiger partial charge is 0.0172 e. The zero-order chi connectivity index (χ0) is 10.1. The molecule has 1 heterocycles. The van der Waals surface area contributed by atoms with Crippen LogP contribution in [0.3, 0.4) is 0 Å². The van der Waals surface area contributed by atoms with Crippen LogP contribution in [0.15, 0.2) is 0 Å². The Hall–Kier alpha value is 0.310. The summed E-state index contributed by atoms with van der Waals surface area (Å²) in [6, 6.07) is 1.60. The number of hydrogen-bond donors (Lipinski definition) is 0. The van der Waals surface area contributed by atoms with E-state index in [0.717, 1.165) is 12.1 Å². The first-order chi connectivity index (χ1) is 5.96. The largest absolute Gasteiger partial charge is 0.296 e. The van der Waals surface area contributed by atoms with Crippen molar-refractivity contribution in [3.05, 3.63) is 0 Å². The van der Waals surface area contributed by atoms with Gasteiger partial charge in [-0.25, -0.2) is 10.0 Å². The molecule has 1 aliphatic rings. The van der Waals surface area contributed by atoms with Crippen molar-refractivity contribution in [3.63, 3.8) is 0 Å². The highest BCUT2D eigenvalue weighted by molar-refractivity contribution is 8.32. The second-order valence-electron chi connectivity index (χ2n) is 5.03. The number of nitrogens with zero attached hydrogens (tertiary/aromatic N) is 1. The van der Waals surface area contributed by atoms with Gasteiger partial charge in [-0.1, -0.05) is 6.92 Å². The van der Waals surface area contributed by atoms with Gasteiger partial charge in [-0.05, 0) is 44.3 Å². The molecule has 0 aliphatic carbocycles. The molecule has 80 valence electrons. The van der Waals surface area contributed by atoms with Crippen LogP contribution in [-0.4, -0.2) is 47.5 Å². The minimum atomic E-state index is -0.252. The average molecular weight is 203 g/mol. The summed E-state index contributed by atoms with van der Waals surface area (Å²) in [5.74, 6) is 2.91. The fraction of sp³-hybridized carbons (Fsp3) is 1.00. The highest BCUT2D eigenvalue weighted by atomic mass is 32.3. The van der Waals surface area contributed by atoms with Gasteiger partial charge in [0.05, 0.1) is 0 Å². The van der Waals surface area contributed by atoms with Crippen LogP contribution in [0.5, 0.6) is 0 Å². The molecule has 0 radical (unpaired) electrons. The first kappa shape index (κ1) is 11.4. The third-order valence-corrected chi connectivity index (χ3v) is 5.72. The Morgan fingerprint density at radius 3 is 2.46 bits per heavy atom. The molecule has 2 heteroatoms. The Morgan fingerprint density at radius 2 is 2.00 bits per heavy atom. The van der Waals surface area contributed by atoms with Crippen LogP contribution in [0.2, 0.25) is 0 Å². The molecule has 1 saturated heterocycles. The summed E-state index contributed by atoms with van der Waals surface area (Å²) in [6.45, 7) is 8.33. The standard InChI is InChI=1S/C11H25NS/c1-6-11-9-13(4,5)8-7-12(11)10(2)3/h10-11H,6-9H2,1-5H3. The second-order valence-corrected chi connectivity index (χ2v) is 9.31. The van der Waals surface area contributed by atoms with Crippen LogP contribution in [0.4, 0.5) is 0 Å². The number of hydrogen-bond acceptors (Lipinski definition) is 1. The van der Waals surface area contributed by atoms with E-state index in [9.17, 15) is 0 Å². The highest BCUT2D eigenvalue weighted by Gasteiger charge is 2.30. The molecule has 0 spiro atoms. The lowest BCUT2D eigenvalue weighted by Crippen LogP contribution is -2.49. The Labute approximate surface area is 85.2 Å². The van der Waals surface area contributed by atoms with Crippen LogP contribution in [0.1, 0.15) is 27.2 Å². The van der Waals surface area contributed by atoms with E-state index < -0.39 is 0 Å². The highest BCUT2D eigenvalue weighted by Crippen LogP contribution is 2.44. The second kappa shape index (κ2) is 4.22. The Bertz CT molecular complexity index is 165. The zero-order valence-electron chi connectivity index (χ0n) is 9.84. The molecule has 0 N–H and O–H groups in total. The van der Waals surface area contributed by atoms with Crippen molar-refractivity contribution in [3.8, 4) is 0 Å². The lowest BCUT2D eigenvalue weighted by Gasteiger charge is -2.48. The molecule has 1 aliphatic heterocycles. The Morgan fingerprint density at radius 1 is 1.38 bits per heavy atom. The van der Waals surface area contributed by atoms with Gasteiger partial charge in [0.1, 0.15) is 0 Å². The molecule has 0 aromatic carbocycles. The molecular formula is C11H25NS. The van der Waals surface area contributed by atoms with Gasteiger partial charge in [0.25, 0.3) is 0 Å². The van der Waals surface area contributed by atoms with Crippen molar-refractivity contribution >= 4 is 10.0 Å². The third kappa shape index (κ3) is 2.88. The molecule has 0 saturated carbocycles. The third-order valence-electron chi connectivity index (χ3n) is 3.15. The van der Waals surface area contributed by atoms with Crippen molar-refractivity contribution < 1.29 is 0 Å². The van der Waals surface area contributed by atoms with Crippen LogP contribution < -0.4 is 0 Å². The normalized spacial score (nSPS) is 32.0. The van der Waals surface area contributed by atoms with Gasteiger partial charge in [-0.15, -0.1) is 0 Å². The molecule has 1 rings (SSSR count).